The summed E-state index contributed by atoms with van der Waals surface area (Å²) in [7, 11) is 0. The Morgan fingerprint density at radius 2 is 1.44 bits per heavy atom. The number of pyridine rings is 2. The van der Waals surface area contributed by atoms with Crippen molar-refractivity contribution in [2.75, 3.05) is 0 Å². The number of thiocarbonyl (C=S) groups is 1. The van der Waals surface area contributed by atoms with Crippen molar-refractivity contribution in [3.05, 3.63) is 49.1 Å². The predicted molar refractivity (Wildman–Crippen MR) is 76.2 cm³/mol. The van der Waals surface area contributed by atoms with E-state index in [0.29, 0.717) is 0 Å². The van der Waals surface area contributed by atoms with E-state index >= 15 is 0 Å². The summed E-state index contributed by atoms with van der Waals surface area (Å²) in [6.07, 6.45) is 9.16. The zero-order valence-electron chi connectivity index (χ0n) is 10.8. The molecule has 2 aromatic heterocycles. The molecule has 3 heteroatoms. The largest absolute Gasteiger partial charge is 0.252 e. The summed E-state index contributed by atoms with van der Waals surface area (Å²) < 4.78 is 4.15. The topological polar surface area (TPSA) is 7.76 Å². The first-order valence-corrected chi connectivity index (χ1v) is 6.69. The SMILES string of the molecule is CCC(=S)[n+]1ccc(-c2cc[n+](CC)cc2)cc1. The summed E-state index contributed by atoms with van der Waals surface area (Å²) in [6.45, 7) is 5.21. The van der Waals surface area contributed by atoms with E-state index in [4.69, 9.17) is 12.2 Å². The maximum atomic E-state index is 5.27. The lowest BCUT2D eigenvalue weighted by atomic mass is 10.1. The first-order valence-electron chi connectivity index (χ1n) is 6.28. The van der Waals surface area contributed by atoms with Gasteiger partial charge in [0.25, 0.3) is 4.99 Å². The van der Waals surface area contributed by atoms with E-state index in [9.17, 15) is 0 Å². The van der Waals surface area contributed by atoms with Gasteiger partial charge in [0.1, 0.15) is 6.54 Å². The maximum absolute atomic E-state index is 5.27. The Bertz CT molecular complexity index is 529. The highest BCUT2D eigenvalue weighted by Crippen LogP contribution is 2.15. The van der Waals surface area contributed by atoms with Crippen molar-refractivity contribution in [1.29, 1.82) is 0 Å². The normalized spacial score (nSPS) is 10.3. The van der Waals surface area contributed by atoms with Crippen LogP contribution in [0.25, 0.3) is 11.1 Å². The predicted octanol–water partition coefficient (Wildman–Crippen LogP) is 2.53. The number of hydrogen-bond acceptors (Lipinski definition) is 1. The molecule has 18 heavy (non-hydrogen) atoms. The van der Waals surface area contributed by atoms with E-state index in [0.717, 1.165) is 18.0 Å². The molecule has 0 aromatic carbocycles. The molecule has 2 aromatic rings. The van der Waals surface area contributed by atoms with E-state index in [1.54, 1.807) is 0 Å². The van der Waals surface area contributed by atoms with Crippen LogP contribution in [0.2, 0.25) is 0 Å². The minimum absolute atomic E-state index is 0.890. The molecule has 0 saturated heterocycles. The second-order valence-electron chi connectivity index (χ2n) is 4.16. The fourth-order valence-electron chi connectivity index (χ4n) is 1.83. The molecule has 0 atom stereocenters. The van der Waals surface area contributed by atoms with Crippen LogP contribution in [0.1, 0.15) is 20.3 Å². The van der Waals surface area contributed by atoms with Crippen molar-refractivity contribution in [3.8, 4) is 11.1 Å². The van der Waals surface area contributed by atoms with Crippen LogP contribution in [0.5, 0.6) is 0 Å². The van der Waals surface area contributed by atoms with Gasteiger partial charge in [0, 0.05) is 30.7 Å². The Morgan fingerprint density at radius 1 is 0.944 bits per heavy atom. The fraction of sp³-hybridized carbons (Fsp3) is 0.267. The molecule has 0 bridgehead atoms. The van der Waals surface area contributed by atoms with E-state index < -0.39 is 0 Å². The highest BCUT2D eigenvalue weighted by Gasteiger charge is 2.07. The van der Waals surface area contributed by atoms with Gasteiger partial charge in [-0.25, -0.2) is 4.57 Å². The van der Waals surface area contributed by atoms with Crippen LogP contribution in [-0.2, 0) is 6.54 Å². The Morgan fingerprint density at radius 3 is 1.89 bits per heavy atom. The molecular formula is C15H18N2S+2. The van der Waals surface area contributed by atoms with Crippen LogP contribution in [0.4, 0.5) is 0 Å². The van der Waals surface area contributed by atoms with Gasteiger partial charge >= 0.3 is 0 Å². The van der Waals surface area contributed by atoms with Gasteiger partial charge in [-0.15, -0.1) is 0 Å². The third-order valence-electron chi connectivity index (χ3n) is 3.01. The molecular weight excluding hydrogens is 240 g/mol. The third-order valence-corrected chi connectivity index (χ3v) is 3.51. The average molecular weight is 258 g/mol. The van der Waals surface area contributed by atoms with Crippen LogP contribution in [0.3, 0.4) is 0 Å². The van der Waals surface area contributed by atoms with Gasteiger partial charge < -0.3 is 0 Å². The lowest BCUT2D eigenvalue weighted by Crippen LogP contribution is -2.39. The minimum Gasteiger partial charge on any atom is -0.205 e. The summed E-state index contributed by atoms with van der Waals surface area (Å²) >= 11 is 5.27. The van der Waals surface area contributed by atoms with E-state index in [2.05, 4.69) is 55.1 Å². The lowest BCUT2D eigenvalue weighted by Gasteiger charge is -2.00. The highest BCUT2D eigenvalue weighted by molar-refractivity contribution is 7.79. The molecule has 0 amide bonds. The van der Waals surface area contributed by atoms with Gasteiger partial charge in [0.05, 0.1) is 0 Å². The van der Waals surface area contributed by atoms with Crippen molar-refractivity contribution in [2.24, 2.45) is 0 Å². The molecule has 0 radical (unpaired) electrons. The van der Waals surface area contributed by atoms with Crippen molar-refractivity contribution in [1.82, 2.24) is 0 Å². The van der Waals surface area contributed by atoms with Crippen LogP contribution in [-0.4, -0.2) is 4.99 Å². The number of nitrogens with zero attached hydrogens (tertiary/aromatic N) is 2. The molecule has 0 aliphatic carbocycles. The molecule has 0 saturated carbocycles. The Labute approximate surface area is 114 Å². The van der Waals surface area contributed by atoms with Crippen LogP contribution < -0.4 is 9.13 Å². The molecule has 0 aliphatic heterocycles. The van der Waals surface area contributed by atoms with Gasteiger partial charge in [-0.05, 0) is 30.3 Å². The van der Waals surface area contributed by atoms with Crippen LogP contribution in [0.15, 0.2) is 49.1 Å². The number of rotatable bonds is 3. The molecule has 0 aliphatic rings. The van der Waals surface area contributed by atoms with E-state index in [-0.39, 0.29) is 0 Å². The van der Waals surface area contributed by atoms with Crippen molar-refractivity contribution >= 4 is 17.2 Å². The molecule has 0 unspecified atom stereocenters. The van der Waals surface area contributed by atoms with E-state index in [1.165, 1.54) is 11.1 Å². The minimum atomic E-state index is 0.890. The lowest BCUT2D eigenvalue weighted by molar-refractivity contribution is -0.693. The molecule has 0 fully saturated rings. The fourth-order valence-corrected chi connectivity index (χ4v) is 1.95. The molecule has 0 N–H and O–H groups in total. The highest BCUT2D eigenvalue weighted by atomic mass is 32.1. The zero-order chi connectivity index (χ0) is 13.0. The number of aromatic nitrogens is 2. The van der Waals surface area contributed by atoms with Gasteiger partial charge in [-0.3, -0.25) is 0 Å². The summed E-state index contributed by atoms with van der Waals surface area (Å²) in [5.74, 6) is 0. The van der Waals surface area contributed by atoms with Crippen molar-refractivity contribution in [2.45, 2.75) is 26.8 Å². The smallest absolute Gasteiger partial charge is 0.205 e. The standard InChI is InChI=1S/C15H18N2S/c1-3-15(18)17-11-7-14(8-12-17)13-5-9-16(4-2)10-6-13/h5-12H,3-4H2,1-2H3/q+2. The van der Waals surface area contributed by atoms with Gasteiger partial charge in [-0.2, -0.15) is 4.57 Å². The quantitative estimate of drug-likeness (QED) is 0.606. The molecule has 2 nitrogen and oxygen atoms in total. The number of aryl methyl sites for hydroxylation is 1. The van der Waals surface area contributed by atoms with Gasteiger partial charge in [0.15, 0.2) is 24.8 Å². The number of hydrogen-bond donors (Lipinski definition) is 0. The van der Waals surface area contributed by atoms with Crippen LogP contribution >= 0.6 is 12.2 Å². The second-order valence-corrected chi connectivity index (χ2v) is 4.63. The Balaban J connectivity index is 2.25. The summed E-state index contributed by atoms with van der Waals surface area (Å²) in [5, 5.41) is 0. The Kier molecular flexibility index (Phi) is 4.15. The molecule has 2 rings (SSSR count). The zero-order valence-corrected chi connectivity index (χ0v) is 11.7. The molecule has 0 spiro atoms. The monoisotopic (exact) mass is 258 g/mol. The Hall–Kier alpha value is -1.61. The summed E-state index contributed by atoms with van der Waals surface area (Å²) in [4.78, 5) is 0.943. The molecule has 92 valence electrons. The first-order chi connectivity index (χ1) is 8.74. The van der Waals surface area contributed by atoms with E-state index in [1.807, 2.05) is 17.0 Å². The second kappa shape index (κ2) is 5.83. The first kappa shape index (κ1) is 12.8. The average Bonchev–Trinajstić information content (AvgIpc) is 2.47. The molecule has 2 heterocycles. The van der Waals surface area contributed by atoms with Gasteiger partial charge in [-0.1, -0.05) is 6.92 Å². The summed E-state index contributed by atoms with van der Waals surface area (Å²) in [5.41, 5.74) is 2.45. The van der Waals surface area contributed by atoms with Gasteiger partial charge in [0.2, 0.25) is 0 Å². The summed E-state index contributed by atoms with van der Waals surface area (Å²) in [6, 6.07) is 8.49. The van der Waals surface area contributed by atoms with Crippen LogP contribution in [0, 0.1) is 0 Å². The third kappa shape index (κ3) is 2.79. The van der Waals surface area contributed by atoms with Crippen molar-refractivity contribution < 1.29 is 9.13 Å². The maximum Gasteiger partial charge on any atom is 0.252 e. The van der Waals surface area contributed by atoms with Crippen molar-refractivity contribution in [3.63, 3.8) is 0 Å².